The highest BCUT2D eigenvalue weighted by Crippen LogP contribution is 2.13. The Kier molecular flexibility index (Phi) is 20.3. The van der Waals surface area contributed by atoms with Gasteiger partial charge in [0.2, 0.25) is 0 Å². The highest BCUT2D eigenvalue weighted by Gasteiger charge is 2.08. The Balaban J connectivity index is 3.32. The van der Waals surface area contributed by atoms with E-state index in [0.29, 0.717) is 13.1 Å². The maximum absolute atomic E-state index is 11.4. The summed E-state index contributed by atoms with van der Waals surface area (Å²) < 4.78 is 0. The van der Waals surface area contributed by atoms with Gasteiger partial charge < -0.3 is 15.7 Å². The van der Waals surface area contributed by atoms with Crippen LogP contribution in [0.5, 0.6) is 0 Å². The van der Waals surface area contributed by atoms with Gasteiger partial charge >= 0.3 is 6.03 Å². The van der Waals surface area contributed by atoms with Crippen LogP contribution in [-0.2, 0) is 0 Å². The summed E-state index contributed by atoms with van der Waals surface area (Å²) in [5.74, 6) is 0. The van der Waals surface area contributed by atoms with Crippen LogP contribution >= 0.6 is 0 Å². The van der Waals surface area contributed by atoms with E-state index in [4.69, 9.17) is 5.73 Å². The third-order valence-electron chi connectivity index (χ3n) is 5.41. The molecule has 0 aromatic heterocycles. The molecule has 1 atom stereocenters. The van der Waals surface area contributed by atoms with Crippen LogP contribution in [0.4, 0.5) is 4.79 Å². The molecule has 28 heavy (non-hydrogen) atoms. The summed E-state index contributed by atoms with van der Waals surface area (Å²) in [5.41, 5.74) is 5.42. The molecule has 0 rings (SSSR count). The standard InChI is InChI=1S/C23H49N3O2/c1-3-4-5-6-7-8-9-10-11-12-13-14-15-16-17-18-20-26(23(24)28)21-19-25-22(2)27/h22,25,27H,3-21H2,1-2H3,(H2,24,28). The molecule has 1 unspecified atom stereocenters. The zero-order chi connectivity index (χ0) is 20.9. The second-order valence-corrected chi connectivity index (χ2v) is 8.26. The summed E-state index contributed by atoms with van der Waals surface area (Å²) in [6.45, 7) is 5.79. The van der Waals surface area contributed by atoms with Gasteiger partial charge in [-0.05, 0) is 13.3 Å². The smallest absolute Gasteiger partial charge is 0.314 e. The largest absolute Gasteiger partial charge is 0.379 e. The molecule has 5 heteroatoms. The van der Waals surface area contributed by atoms with Crippen LogP contribution in [0.2, 0.25) is 0 Å². The zero-order valence-electron chi connectivity index (χ0n) is 18.9. The average molecular weight is 400 g/mol. The number of nitrogens with two attached hydrogens (primary N) is 1. The summed E-state index contributed by atoms with van der Waals surface area (Å²) in [4.78, 5) is 13.1. The van der Waals surface area contributed by atoms with Crippen molar-refractivity contribution in [2.45, 2.75) is 123 Å². The van der Waals surface area contributed by atoms with Crippen LogP contribution in [0, 0.1) is 0 Å². The third kappa shape index (κ3) is 19.9. The van der Waals surface area contributed by atoms with Gasteiger partial charge in [-0.1, -0.05) is 103 Å². The first-order valence-electron chi connectivity index (χ1n) is 12.0. The number of hydrogen-bond acceptors (Lipinski definition) is 3. The molecule has 0 saturated heterocycles. The maximum Gasteiger partial charge on any atom is 0.314 e. The first kappa shape index (κ1) is 27.2. The van der Waals surface area contributed by atoms with E-state index in [-0.39, 0.29) is 6.03 Å². The Morgan fingerprint density at radius 3 is 1.54 bits per heavy atom. The molecule has 0 heterocycles. The van der Waals surface area contributed by atoms with Crippen molar-refractivity contribution in [3.05, 3.63) is 0 Å². The number of unbranched alkanes of at least 4 members (excludes halogenated alkanes) is 15. The van der Waals surface area contributed by atoms with Crippen molar-refractivity contribution in [2.75, 3.05) is 19.6 Å². The predicted molar refractivity (Wildman–Crippen MR) is 120 cm³/mol. The van der Waals surface area contributed by atoms with E-state index >= 15 is 0 Å². The van der Waals surface area contributed by atoms with Gasteiger partial charge in [-0.2, -0.15) is 0 Å². The van der Waals surface area contributed by atoms with Gasteiger partial charge in [0, 0.05) is 19.6 Å². The van der Waals surface area contributed by atoms with Crippen LogP contribution in [0.15, 0.2) is 0 Å². The number of aliphatic hydroxyl groups is 1. The van der Waals surface area contributed by atoms with Gasteiger partial charge in [-0.3, -0.25) is 5.32 Å². The molecule has 0 fully saturated rings. The fourth-order valence-corrected chi connectivity index (χ4v) is 3.59. The number of urea groups is 1. The minimum atomic E-state index is -0.551. The zero-order valence-corrected chi connectivity index (χ0v) is 18.9. The molecule has 4 N–H and O–H groups in total. The Morgan fingerprint density at radius 2 is 1.18 bits per heavy atom. The normalized spacial score (nSPS) is 12.2. The highest BCUT2D eigenvalue weighted by atomic mass is 16.3. The lowest BCUT2D eigenvalue weighted by molar-refractivity contribution is 0.149. The van der Waals surface area contributed by atoms with Gasteiger partial charge in [-0.15, -0.1) is 0 Å². The minimum Gasteiger partial charge on any atom is -0.379 e. The summed E-state index contributed by atoms with van der Waals surface area (Å²) >= 11 is 0. The van der Waals surface area contributed by atoms with E-state index in [1.165, 1.54) is 89.9 Å². The summed E-state index contributed by atoms with van der Waals surface area (Å²) in [7, 11) is 0. The van der Waals surface area contributed by atoms with Crippen molar-refractivity contribution in [3.8, 4) is 0 Å². The molecule has 0 aliphatic heterocycles. The monoisotopic (exact) mass is 399 g/mol. The van der Waals surface area contributed by atoms with Crippen molar-refractivity contribution in [2.24, 2.45) is 5.73 Å². The third-order valence-corrected chi connectivity index (χ3v) is 5.41. The van der Waals surface area contributed by atoms with E-state index in [1.54, 1.807) is 11.8 Å². The van der Waals surface area contributed by atoms with E-state index in [9.17, 15) is 9.90 Å². The first-order chi connectivity index (χ1) is 13.6. The molecule has 0 aromatic rings. The van der Waals surface area contributed by atoms with Crippen molar-refractivity contribution in [3.63, 3.8) is 0 Å². The Labute approximate surface area is 174 Å². The molecule has 0 spiro atoms. The number of rotatable bonds is 21. The number of aliphatic hydroxyl groups excluding tert-OH is 1. The maximum atomic E-state index is 11.4. The van der Waals surface area contributed by atoms with Crippen LogP contribution in [0.1, 0.15) is 117 Å². The highest BCUT2D eigenvalue weighted by molar-refractivity contribution is 5.71. The molecule has 2 amide bonds. The lowest BCUT2D eigenvalue weighted by Gasteiger charge is -2.21. The van der Waals surface area contributed by atoms with E-state index < -0.39 is 6.23 Å². The number of carbonyl (C=O) groups excluding carboxylic acids is 1. The molecule has 0 bridgehead atoms. The topological polar surface area (TPSA) is 78.6 Å². The number of primary amides is 1. The molecular formula is C23H49N3O2. The van der Waals surface area contributed by atoms with Crippen molar-refractivity contribution in [1.29, 1.82) is 0 Å². The molecule has 0 aliphatic rings. The van der Waals surface area contributed by atoms with Gasteiger partial charge in [-0.25, -0.2) is 4.79 Å². The quantitative estimate of drug-likeness (QED) is 0.175. The fraction of sp³-hybridized carbons (Fsp3) is 0.957. The van der Waals surface area contributed by atoms with Crippen molar-refractivity contribution >= 4 is 6.03 Å². The Bertz CT molecular complexity index is 338. The predicted octanol–water partition coefficient (Wildman–Crippen LogP) is 5.56. The summed E-state index contributed by atoms with van der Waals surface area (Å²) in [6.07, 6.45) is 21.0. The molecule has 168 valence electrons. The van der Waals surface area contributed by atoms with Gasteiger partial charge in [0.05, 0.1) is 0 Å². The van der Waals surface area contributed by atoms with Crippen molar-refractivity contribution in [1.82, 2.24) is 10.2 Å². The molecule has 0 saturated carbocycles. The van der Waals surface area contributed by atoms with Gasteiger partial charge in [0.25, 0.3) is 0 Å². The number of hydrogen-bond donors (Lipinski definition) is 3. The average Bonchev–Trinajstić information content (AvgIpc) is 2.65. The number of amides is 2. The molecule has 5 nitrogen and oxygen atoms in total. The van der Waals surface area contributed by atoms with Crippen LogP contribution in [0.3, 0.4) is 0 Å². The van der Waals surface area contributed by atoms with Crippen LogP contribution < -0.4 is 11.1 Å². The van der Waals surface area contributed by atoms with Gasteiger partial charge in [0.1, 0.15) is 6.23 Å². The number of nitrogens with zero attached hydrogens (tertiary/aromatic N) is 1. The summed E-state index contributed by atoms with van der Waals surface area (Å²) in [5, 5.41) is 12.1. The van der Waals surface area contributed by atoms with Crippen LogP contribution in [0.25, 0.3) is 0 Å². The minimum absolute atomic E-state index is 0.367. The number of nitrogens with one attached hydrogen (secondary N) is 1. The molecule has 0 aromatic carbocycles. The van der Waals surface area contributed by atoms with Crippen molar-refractivity contribution < 1.29 is 9.90 Å². The lowest BCUT2D eigenvalue weighted by atomic mass is 10.0. The molecule has 0 radical (unpaired) electrons. The van der Waals surface area contributed by atoms with Crippen LogP contribution in [-0.4, -0.2) is 41.9 Å². The van der Waals surface area contributed by atoms with E-state index in [0.717, 1.165) is 19.4 Å². The lowest BCUT2D eigenvalue weighted by Crippen LogP contribution is -2.42. The Morgan fingerprint density at radius 1 is 0.786 bits per heavy atom. The van der Waals surface area contributed by atoms with E-state index in [1.807, 2.05) is 0 Å². The van der Waals surface area contributed by atoms with Gasteiger partial charge in [0.15, 0.2) is 0 Å². The molecule has 0 aliphatic carbocycles. The first-order valence-corrected chi connectivity index (χ1v) is 12.0. The fourth-order valence-electron chi connectivity index (χ4n) is 3.59. The Hall–Kier alpha value is -0.810. The SMILES string of the molecule is CCCCCCCCCCCCCCCCCCN(CCNC(C)O)C(N)=O. The summed E-state index contributed by atoms with van der Waals surface area (Å²) in [6, 6.07) is -0.367. The molecular weight excluding hydrogens is 350 g/mol. The second-order valence-electron chi connectivity index (χ2n) is 8.26. The number of carbonyl (C=O) groups is 1. The second kappa shape index (κ2) is 20.9. The van der Waals surface area contributed by atoms with E-state index in [2.05, 4.69) is 12.2 Å².